The molecule has 0 aromatic heterocycles. The summed E-state index contributed by atoms with van der Waals surface area (Å²) >= 11 is 1.77. The molecule has 0 heterocycles. The van der Waals surface area contributed by atoms with Gasteiger partial charge in [0.25, 0.3) is 0 Å². The Labute approximate surface area is 110 Å². The predicted octanol–water partition coefficient (Wildman–Crippen LogP) is 2.63. The van der Waals surface area contributed by atoms with E-state index in [0.29, 0.717) is 5.92 Å². The van der Waals surface area contributed by atoms with E-state index in [9.17, 15) is 0 Å². The summed E-state index contributed by atoms with van der Waals surface area (Å²) in [5, 5.41) is 8.59. The van der Waals surface area contributed by atoms with Crippen molar-refractivity contribution < 1.29 is 9.84 Å². The van der Waals surface area contributed by atoms with Crippen molar-refractivity contribution in [2.45, 2.75) is 33.6 Å². The van der Waals surface area contributed by atoms with Crippen LogP contribution in [0.5, 0.6) is 0 Å². The highest BCUT2D eigenvalue weighted by Crippen LogP contribution is 2.02. The van der Waals surface area contributed by atoms with E-state index in [1.807, 2.05) is 0 Å². The Morgan fingerprint density at radius 3 is 2.71 bits per heavy atom. The zero-order chi connectivity index (χ0) is 12.9. The monoisotopic (exact) mass is 261 g/mol. The fraction of sp³-hybridized carbons (Fsp3) is 0.923. The lowest BCUT2D eigenvalue weighted by Gasteiger charge is -2.05. The Hall–Kier alpha value is -0.0600. The molecule has 0 aliphatic heterocycles. The summed E-state index contributed by atoms with van der Waals surface area (Å²) in [4.78, 5) is 4.46. The maximum Gasteiger partial charge on any atom is 0.0661 e. The van der Waals surface area contributed by atoms with Crippen molar-refractivity contribution in [1.29, 1.82) is 0 Å². The van der Waals surface area contributed by atoms with E-state index in [1.165, 1.54) is 5.71 Å². The van der Waals surface area contributed by atoms with Gasteiger partial charge in [-0.3, -0.25) is 4.99 Å². The summed E-state index contributed by atoms with van der Waals surface area (Å²) in [6.07, 6.45) is 2.14. The van der Waals surface area contributed by atoms with Crippen LogP contribution in [-0.4, -0.2) is 48.7 Å². The van der Waals surface area contributed by atoms with Gasteiger partial charge in [-0.15, -0.1) is 0 Å². The maximum absolute atomic E-state index is 8.59. The summed E-state index contributed by atoms with van der Waals surface area (Å²) in [5.41, 5.74) is 1.22. The van der Waals surface area contributed by atoms with E-state index < -0.39 is 0 Å². The second-order valence-electron chi connectivity index (χ2n) is 4.52. The van der Waals surface area contributed by atoms with Crippen LogP contribution in [-0.2, 0) is 4.74 Å². The first-order valence-electron chi connectivity index (χ1n) is 6.43. The van der Waals surface area contributed by atoms with Gasteiger partial charge in [-0.25, -0.2) is 0 Å². The molecule has 0 aromatic rings. The summed E-state index contributed by atoms with van der Waals surface area (Å²) < 4.78 is 5.49. The second kappa shape index (κ2) is 12.4. The number of hydrogen-bond donors (Lipinski definition) is 1. The molecule has 4 heteroatoms. The van der Waals surface area contributed by atoms with Crippen LogP contribution in [0.15, 0.2) is 4.99 Å². The largest absolute Gasteiger partial charge is 0.396 e. The number of aliphatic hydroxyl groups is 1. The number of hydrogen-bond acceptors (Lipinski definition) is 4. The van der Waals surface area contributed by atoms with Crippen molar-refractivity contribution in [2.24, 2.45) is 10.9 Å². The molecule has 0 unspecified atom stereocenters. The molecule has 0 saturated carbocycles. The summed E-state index contributed by atoms with van der Waals surface area (Å²) in [7, 11) is 0. The summed E-state index contributed by atoms with van der Waals surface area (Å²) in [6, 6.07) is 0. The standard InChI is InChI=1S/C13H27NO2S/c1-12(2)11-13(3)14-5-8-16-7-4-9-17-10-6-15/h12,15H,4-11H2,1-3H3. The number of ether oxygens (including phenoxy) is 1. The maximum atomic E-state index is 8.59. The lowest BCUT2D eigenvalue weighted by molar-refractivity contribution is 0.143. The molecule has 0 aromatic carbocycles. The molecule has 0 fully saturated rings. The van der Waals surface area contributed by atoms with E-state index in [0.717, 1.165) is 44.1 Å². The van der Waals surface area contributed by atoms with Gasteiger partial charge in [-0.05, 0) is 31.4 Å². The van der Waals surface area contributed by atoms with Gasteiger partial charge >= 0.3 is 0 Å². The number of rotatable bonds is 11. The van der Waals surface area contributed by atoms with Gasteiger partial charge in [0.1, 0.15) is 0 Å². The molecular formula is C13H27NO2S. The molecule has 0 saturated heterocycles. The number of thioether (sulfide) groups is 1. The third-order valence-electron chi connectivity index (χ3n) is 2.13. The number of nitrogens with zero attached hydrogens (tertiary/aromatic N) is 1. The van der Waals surface area contributed by atoms with Crippen molar-refractivity contribution in [1.82, 2.24) is 0 Å². The highest BCUT2D eigenvalue weighted by Gasteiger charge is 1.96. The van der Waals surface area contributed by atoms with Crippen LogP contribution < -0.4 is 0 Å². The topological polar surface area (TPSA) is 41.8 Å². The average molecular weight is 261 g/mol. The van der Waals surface area contributed by atoms with Crippen molar-refractivity contribution in [3.05, 3.63) is 0 Å². The van der Waals surface area contributed by atoms with E-state index in [1.54, 1.807) is 11.8 Å². The first-order valence-corrected chi connectivity index (χ1v) is 7.58. The molecule has 102 valence electrons. The van der Waals surface area contributed by atoms with E-state index >= 15 is 0 Å². The molecule has 17 heavy (non-hydrogen) atoms. The van der Waals surface area contributed by atoms with Crippen LogP contribution in [0.2, 0.25) is 0 Å². The van der Waals surface area contributed by atoms with Gasteiger partial charge in [0.05, 0.1) is 19.8 Å². The smallest absolute Gasteiger partial charge is 0.0661 e. The molecule has 0 atom stereocenters. The first-order chi connectivity index (χ1) is 8.16. The quantitative estimate of drug-likeness (QED) is 0.459. The third kappa shape index (κ3) is 13.9. The van der Waals surface area contributed by atoms with E-state index in [2.05, 4.69) is 25.8 Å². The van der Waals surface area contributed by atoms with Gasteiger partial charge in [0, 0.05) is 18.1 Å². The van der Waals surface area contributed by atoms with Crippen molar-refractivity contribution in [2.75, 3.05) is 37.9 Å². The Balaban J connectivity index is 3.22. The Morgan fingerprint density at radius 1 is 1.29 bits per heavy atom. The second-order valence-corrected chi connectivity index (χ2v) is 5.74. The van der Waals surface area contributed by atoms with E-state index in [-0.39, 0.29) is 6.61 Å². The lowest BCUT2D eigenvalue weighted by Crippen LogP contribution is -2.04. The average Bonchev–Trinajstić information content (AvgIpc) is 2.26. The Bertz CT molecular complexity index is 196. The van der Waals surface area contributed by atoms with Gasteiger partial charge in [0.2, 0.25) is 0 Å². The third-order valence-corrected chi connectivity index (χ3v) is 3.18. The van der Waals surface area contributed by atoms with Crippen LogP contribution in [0, 0.1) is 5.92 Å². The normalized spacial score (nSPS) is 12.4. The van der Waals surface area contributed by atoms with Crippen LogP contribution >= 0.6 is 11.8 Å². The Kier molecular flexibility index (Phi) is 12.4. The molecule has 0 aliphatic rings. The van der Waals surface area contributed by atoms with Gasteiger partial charge in [-0.2, -0.15) is 11.8 Å². The molecule has 0 aliphatic carbocycles. The molecule has 0 rings (SSSR count). The minimum Gasteiger partial charge on any atom is -0.396 e. The van der Waals surface area contributed by atoms with E-state index in [4.69, 9.17) is 9.84 Å². The highest BCUT2D eigenvalue weighted by molar-refractivity contribution is 7.99. The minimum atomic E-state index is 0.273. The zero-order valence-electron chi connectivity index (χ0n) is 11.4. The molecule has 0 spiro atoms. The van der Waals surface area contributed by atoms with Gasteiger partial charge in [-0.1, -0.05) is 13.8 Å². The molecule has 3 nitrogen and oxygen atoms in total. The summed E-state index contributed by atoms with van der Waals surface area (Å²) in [6.45, 7) is 9.08. The molecule has 1 N–H and O–H groups in total. The van der Waals surface area contributed by atoms with Gasteiger partial charge in [0.15, 0.2) is 0 Å². The zero-order valence-corrected chi connectivity index (χ0v) is 12.3. The van der Waals surface area contributed by atoms with Crippen LogP contribution in [0.1, 0.15) is 33.6 Å². The molecule has 0 bridgehead atoms. The molecule has 0 amide bonds. The Morgan fingerprint density at radius 2 is 2.06 bits per heavy atom. The minimum absolute atomic E-state index is 0.273. The summed E-state index contributed by atoms with van der Waals surface area (Å²) in [5.74, 6) is 2.58. The molecule has 0 radical (unpaired) electrons. The SMILES string of the molecule is CC(CC(C)C)=NCCOCCCSCCO. The lowest BCUT2D eigenvalue weighted by atomic mass is 10.1. The highest BCUT2D eigenvalue weighted by atomic mass is 32.2. The van der Waals surface area contributed by atoms with Crippen molar-refractivity contribution >= 4 is 17.5 Å². The fourth-order valence-corrected chi connectivity index (χ4v) is 2.14. The fourth-order valence-electron chi connectivity index (χ4n) is 1.49. The number of aliphatic imine (C=N–C) groups is 1. The van der Waals surface area contributed by atoms with Crippen molar-refractivity contribution in [3.8, 4) is 0 Å². The first kappa shape index (κ1) is 16.9. The molecular weight excluding hydrogens is 234 g/mol. The van der Waals surface area contributed by atoms with Crippen LogP contribution in [0.25, 0.3) is 0 Å². The predicted molar refractivity (Wildman–Crippen MR) is 77.3 cm³/mol. The van der Waals surface area contributed by atoms with Gasteiger partial charge < -0.3 is 9.84 Å². The number of aliphatic hydroxyl groups excluding tert-OH is 1. The van der Waals surface area contributed by atoms with Crippen LogP contribution in [0.4, 0.5) is 0 Å². The van der Waals surface area contributed by atoms with Crippen molar-refractivity contribution in [3.63, 3.8) is 0 Å². The van der Waals surface area contributed by atoms with Crippen LogP contribution in [0.3, 0.4) is 0 Å².